The summed E-state index contributed by atoms with van der Waals surface area (Å²) in [6, 6.07) is 0. The number of carbonyl (C=O) groups excluding carboxylic acids is 3. The third-order valence-corrected chi connectivity index (χ3v) is 4.86. The van der Waals surface area contributed by atoms with E-state index < -0.39 is 28.5 Å². The second-order valence-electron chi connectivity index (χ2n) is 5.80. The van der Waals surface area contributed by atoms with Crippen molar-refractivity contribution in [1.82, 2.24) is 19.6 Å². The van der Waals surface area contributed by atoms with E-state index in [1.165, 1.54) is 6.20 Å². The molecule has 1 heterocycles. The highest BCUT2D eigenvalue weighted by molar-refractivity contribution is 7.89. The van der Waals surface area contributed by atoms with Crippen LogP contribution in [0.5, 0.6) is 0 Å². The lowest BCUT2D eigenvalue weighted by Crippen LogP contribution is -2.31. The summed E-state index contributed by atoms with van der Waals surface area (Å²) in [6.45, 7) is 3.26. The molecule has 0 aliphatic heterocycles. The van der Waals surface area contributed by atoms with Crippen molar-refractivity contribution < 1.29 is 32.3 Å². The minimum Gasteiger partial charge on any atom is -0.466 e. The van der Waals surface area contributed by atoms with E-state index in [-0.39, 0.29) is 36.9 Å². The first-order valence-electron chi connectivity index (χ1n) is 8.73. The van der Waals surface area contributed by atoms with Gasteiger partial charge in [-0.3, -0.25) is 14.4 Å². The van der Waals surface area contributed by atoms with Gasteiger partial charge in [0.2, 0.25) is 0 Å². The minimum absolute atomic E-state index is 0.136. The maximum absolute atomic E-state index is 12.0. The van der Waals surface area contributed by atoms with Crippen LogP contribution in [0.1, 0.15) is 32.0 Å². The Morgan fingerprint density at radius 3 is 2.43 bits per heavy atom. The molecule has 0 bridgehead atoms. The van der Waals surface area contributed by atoms with Crippen LogP contribution in [0.4, 0.5) is 0 Å². The van der Waals surface area contributed by atoms with E-state index in [4.69, 9.17) is 9.47 Å². The Morgan fingerprint density at radius 1 is 1.14 bits per heavy atom. The Hall–Kier alpha value is -2.47. The number of esters is 2. The number of rotatable bonds is 12. The van der Waals surface area contributed by atoms with Gasteiger partial charge in [0.25, 0.3) is 15.9 Å². The van der Waals surface area contributed by atoms with Crippen molar-refractivity contribution >= 4 is 27.9 Å². The molecular formula is C16H26N4O7S. The third kappa shape index (κ3) is 8.48. The molecule has 0 saturated carbocycles. The highest BCUT2D eigenvalue weighted by Crippen LogP contribution is 2.07. The van der Waals surface area contributed by atoms with Crippen LogP contribution in [0.25, 0.3) is 0 Å². The molecule has 1 amide bonds. The lowest BCUT2D eigenvalue weighted by atomic mass is 10.3. The van der Waals surface area contributed by atoms with Crippen molar-refractivity contribution in [3.05, 3.63) is 12.0 Å². The van der Waals surface area contributed by atoms with Crippen LogP contribution in [0.15, 0.2) is 11.2 Å². The van der Waals surface area contributed by atoms with Gasteiger partial charge in [0, 0.05) is 32.8 Å². The number of hydrogen-bond acceptors (Lipinski definition) is 8. The van der Waals surface area contributed by atoms with Crippen LogP contribution in [-0.4, -0.2) is 62.1 Å². The zero-order valence-electron chi connectivity index (χ0n) is 16.2. The fraction of sp³-hybridized carbons (Fsp3) is 0.625. The lowest BCUT2D eigenvalue weighted by molar-refractivity contribution is -0.148. The fourth-order valence-electron chi connectivity index (χ4n) is 1.98. The maximum Gasteiger partial charge on any atom is 0.307 e. The minimum atomic E-state index is -3.82. The molecule has 1 aromatic rings. The van der Waals surface area contributed by atoms with Gasteiger partial charge in [-0.1, -0.05) is 0 Å². The topological polar surface area (TPSA) is 146 Å². The molecule has 0 saturated heterocycles. The van der Waals surface area contributed by atoms with Gasteiger partial charge in [-0.25, -0.2) is 18.1 Å². The van der Waals surface area contributed by atoms with Gasteiger partial charge < -0.3 is 19.4 Å². The van der Waals surface area contributed by atoms with Crippen LogP contribution in [-0.2, 0) is 40.9 Å². The molecule has 0 aliphatic carbocycles. The first kappa shape index (κ1) is 23.6. The van der Waals surface area contributed by atoms with Crippen molar-refractivity contribution in [3.63, 3.8) is 0 Å². The van der Waals surface area contributed by atoms with Gasteiger partial charge in [-0.05, 0) is 20.3 Å². The van der Waals surface area contributed by atoms with Crippen LogP contribution in [0.3, 0.4) is 0 Å². The highest BCUT2D eigenvalue weighted by atomic mass is 32.2. The zero-order chi connectivity index (χ0) is 21.2. The van der Waals surface area contributed by atoms with E-state index in [9.17, 15) is 22.8 Å². The average molecular weight is 418 g/mol. The molecular weight excluding hydrogens is 392 g/mol. The number of nitrogens with zero attached hydrogens (tertiary/aromatic N) is 2. The summed E-state index contributed by atoms with van der Waals surface area (Å²) in [5, 5.41) is 2.36. The predicted molar refractivity (Wildman–Crippen MR) is 97.6 cm³/mol. The number of amides is 1. The lowest BCUT2D eigenvalue weighted by Gasteiger charge is -2.07. The van der Waals surface area contributed by atoms with E-state index in [1.807, 2.05) is 0 Å². The van der Waals surface area contributed by atoms with Crippen molar-refractivity contribution in [3.8, 4) is 0 Å². The second kappa shape index (κ2) is 11.4. The van der Waals surface area contributed by atoms with Crippen molar-refractivity contribution in [2.75, 3.05) is 26.3 Å². The normalized spacial score (nSPS) is 11.1. The van der Waals surface area contributed by atoms with Crippen molar-refractivity contribution in [1.29, 1.82) is 0 Å². The molecule has 1 aromatic heterocycles. The molecule has 0 fully saturated rings. The summed E-state index contributed by atoms with van der Waals surface area (Å²) in [6.07, 6.45) is 1.72. The van der Waals surface area contributed by atoms with Gasteiger partial charge in [-0.15, -0.1) is 0 Å². The number of nitrogens with one attached hydrogen (secondary N) is 2. The number of imidazole rings is 1. The predicted octanol–water partition coefficient (Wildman–Crippen LogP) is -0.600. The fourth-order valence-corrected chi connectivity index (χ4v) is 3.05. The first-order chi connectivity index (χ1) is 13.2. The zero-order valence-corrected chi connectivity index (χ0v) is 17.0. The molecule has 0 aliphatic rings. The first-order valence-corrected chi connectivity index (χ1v) is 10.2. The standard InChI is InChI=1S/C16H26N4O7S/c1-4-26-15(22)6-5-8-17-13(21)11-27-16(23)7-9-18-28(24,25)14-10-20(3)12(2)19-14/h10,18H,4-9,11H2,1-3H3,(H,17,21). The Labute approximate surface area is 163 Å². The summed E-state index contributed by atoms with van der Waals surface area (Å²) in [5.41, 5.74) is 0. The van der Waals surface area contributed by atoms with Gasteiger partial charge in [0.05, 0.1) is 13.0 Å². The largest absolute Gasteiger partial charge is 0.466 e. The second-order valence-corrected chi connectivity index (χ2v) is 7.52. The van der Waals surface area contributed by atoms with Gasteiger partial charge >= 0.3 is 11.9 Å². The third-order valence-electron chi connectivity index (χ3n) is 3.53. The quantitative estimate of drug-likeness (QED) is 0.338. The number of aromatic nitrogens is 2. The SMILES string of the molecule is CCOC(=O)CCCNC(=O)COC(=O)CCNS(=O)(=O)c1cn(C)c(C)n1. The summed E-state index contributed by atoms with van der Waals surface area (Å²) in [5.74, 6) is -1.04. The average Bonchev–Trinajstić information content (AvgIpc) is 2.97. The van der Waals surface area contributed by atoms with Gasteiger partial charge in [0.15, 0.2) is 11.6 Å². The van der Waals surface area contributed by atoms with Crippen LogP contribution in [0, 0.1) is 6.92 Å². The van der Waals surface area contributed by atoms with E-state index in [0.29, 0.717) is 18.9 Å². The van der Waals surface area contributed by atoms with Gasteiger partial charge in [0.1, 0.15) is 5.82 Å². The molecule has 0 spiro atoms. The van der Waals surface area contributed by atoms with E-state index in [0.717, 1.165) is 0 Å². The molecule has 0 unspecified atom stereocenters. The van der Waals surface area contributed by atoms with E-state index in [1.54, 1.807) is 25.5 Å². The van der Waals surface area contributed by atoms with Crippen LogP contribution >= 0.6 is 0 Å². The monoisotopic (exact) mass is 418 g/mol. The number of aryl methyl sites for hydroxylation is 2. The summed E-state index contributed by atoms with van der Waals surface area (Å²) in [7, 11) is -2.15. The molecule has 28 heavy (non-hydrogen) atoms. The molecule has 11 nitrogen and oxygen atoms in total. The molecule has 0 aromatic carbocycles. The maximum atomic E-state index is 12.0. The summed E-state index contributed by atoms with van der Waals surface area (Å²) >= 11 is 0. The van der Waals surface area contributed by atoms with Crippen LogP contribution < -0.4 is 10.0 Å². The molecule has 158 valence electrons. The Balaban J connectivity index is 2.21. The number of sulfonamides is 1. The number of ether oxygens (including phenoxy) is 2. The molecule has 1 rings (SSSR count). The number of carbonyl (C=O) groups is 3. The smallest absolute Gasteiger partial charge is 0.307 e. The van der Waals surface area contributed by atoms with E-state index in [2.05, 4.69) is 15.0 Å². The molecule has 0 radical (unpaired) electrons. The van der Waals surface area contributed by atoms with E-state index >= 15 is 0 Å². The molecule has 12 heteroatoms. The van der Waals surface area contributed by atoms with Gasteiger partial charge in [-0.2, -0.15) is 0 Å². The summed E-state index contributed by atoms with van der Waals surface area (Å²) in [4.78, 5) is 38.2. The molecule has 0 atom stereocenters. The van der Waals surface area contributed by atoms with Crippen molar-refractivity contribution in [2.24, 2.45) is 7.05 Å². The van der Waals surface area contributed by atoms with Crippen molar-refractivity contribution in [2.45, 2.75) is 38.1 Å². The Morgan fingerprint density at radius 2 is 1.82 bits per heavy atom. The molecule has 2 N–H and O–H groups in total. The number of hydrogen-bond donors (Lipinski definition) is 2. The summed E-state index contributed by atoms with van der Waals surface area (Å²) < 4.78 is 37.4. The Bertz CT molecular complexity index is 769. The van der Waals surface area contributed by atoms with Crippen LogP contribution in [0.2, 0.25) is 0 Å². The highest BCUT2D eigenvalue weighted by Gasteiger charge is 2.18. The Kier molecular flexibility index (Phi) is 9.59.